The Morgan fingerprint density at radius 1 is 1.30 bits per heavy atom. The number of rotatable bonds is 4. The first-order chi connectivity index (χ1) is 8.71. The second-order valence-corrected chi connectivity index (χ2v) is 6.65. The van der Waals surface area contributed by atoms with Gasteiger partial charge in [0.2, 0.25) is 5.91 Å². The molecule has 20 heavy (non-hydrogen) atoms. The molecule has 2 aliphatic rings. The van der Waals surface area contributed by atoms with Crippen molar-refractivity contribution in [2.75, 3.05) is 44.2 Å². The lowest BCUT2D eigenvalue weighted by molar-refractivity contribution is -0.128. The third-order valence-electron chi connectivity index (χ3n) is 3.94. The minimum absolute atomic E-state index is 0. The molecule has 0 aliphatic carbocycles. The van der Waals surface area contributed by atoms with Gasteiger partial charge < -0.3 is 10.6 Å². The maximum Gasteiger partial charge on any atom is 0.240 e. The maximum absolute atomic E-state index is 12.2. The third-order valence-corrected chi connectivity index (χ3v) is 4.88. The van der Waals surface area contributed by atoms with Crippen LogP contribution in [0.15, 0.2) is 0 Å². The van der Waals surface area contributed by atoms with E-state index in [1.165, 1.54) is 17.9 Å². The Bertz CT molecular complexity index is 283. The number of piperidine rings is 1. The molecule has 2 N–H and O–H groups in total. The van der Waals surface area contributed by atoms with Crippen LogP contribution in [0.4, 0.5) is 0 Å². The van der Waals surface area contributed by atoms with Gasteiger partial charge in [-0.25, -0.2) is 0 Å². The van der Waals surface area contributed by atoms with Gasteiger partial charge in [0.1, 0.15) is 0 Å². The predicted octanol–water partition coefficient (Wildman–Crippen LogP) is 1.53. The van der Waals surface area contributed by atoms with E-state index in [1.807, 2.05) is 18.7 Å². The standard InChI is InChI=1S/C13H25N3OS.2ClH/c1-13(4-2-3-5-15-13)12(17)14-6-7-16-8-10-18-11-9-16;;/h15H,2-11H2,1H3,(H,14,17);2*1H. The van der Waals surface area contributed by atoms with Gasteiger partial charge in [0.05, 0.1) is 5.54 Å². The average molecular weight is 344 g/mol. The molecule has 4 nitrogen and oxygen atoms in total. The van der Waals surface area contributed by atoms with Crippen molar-refractivity contribution in [2.24, 2.45) is 0 Å². The Morgan fingerprint density at radius 2 is 2.00 bits per heavy atom. The van der Waals surface area contributed by atoms with Crippen LogP contribution in [-0.4, -0.2) is 60.6 Å². The number of carbonyl (C=O) groups excluding carboxylic acids is 1. The molecule has 2 rings (SSSR count). The summed E-state index contributed by atoms with van der Waals surface area (Å²) in [6.45, 7) is 7.08. The molecule has 0 aromatic carbocycles. The quantitative estimate of drug-likeness (QED) is 0.812. The van der Waals surface area contributed by atoms with E-state index in [0.29, 0.717) is 0 Å². The topological polar surface area (TPSA) is 44.4 Å². The van der Waals surface area contributed by atoms with Gasteiger partial charge in [-0.3, -0.25) is 9.69 Å². The lowest BCUT2D eigenvalue weighted by atomic mass is 9.90. The monoisotopic (exact) mass is 343 g/mol. The number of nitrogens with zero attached hydrogens (tertiary/aromatic N) is 1. The number of hydrogen-bond donors (Lipinski definition) is 2. The third kappa shape index (κ3) is 5.98. The first-order valence-electron chi connectivity index (χ1n) is 7.04. The fourth-order valence-electron chi connectivity index (χ4n) is 2.60. The molecular formula is C13H27Cl2N3OS. The highest BCUT2D eigenvalue weighted by molar-refractivity contribution is 7.99. The number of carbonyl (C=O) groups is 1. The van der Waals surface area contributed by atoms with Crippen LogP contribution in [0.5, 0.6) is 0 Å². The minimum atomic E-state index is -0.337. The zero-order chi connectivity index (χ0) is 12.8. The second-order valence-electron chi connectivity index (χ2n) is 5.43. The van der Waals surface area contributed by atoms with Gasteiger partial charge in [-0.05, 0) is 32.7 Å². The van der Waals surface area contributed by atoms with E-state index in [2.05, 4.69) is 15.5 Å². The summed E-state index contributed by atoms with van der Waals surface area (Å²) in [6.07, 6.45) is 3.30. The van der Waals surface area contributed by atoms with Crippen LogP contribution in [0.1, 0.15) is 26.2 Å². The second kappa shape index (κ2) is 10.1. The maximum atomic E-state index is 12.2. The molecule has 0 radical (unpaired) electrons. The highest BCUT2D eigenvalue weighted by atomic mass is 35.5. The molecule has 0 aromatic heterocycles. The van der Waals surface area contributed by atoms with Gasteiger partial charge in [0.25, 0.3) is 0 Å². The van der Waals surface area contributed by atoms with Crippen LogP contribution in [0.3, 0.4) is 0 Å². The van der Waals surface area contributed by atoms with Crippen LogP contribution in [0.2, 0.25) is 0 Å². The fraction of sp³-hybridized carbons (Fsp3) is 0.923. The van der Waals surface area contributed by atoms with Crippen molar-refractivity contribution >= 4 is 42.5 Å². The van der Waals surface area contributed by atoms with Gasteiger partial charge in [0.15, 0.2) is 0 Å². The van der Waals surface area contributed by atoms with E-state index >= 15 is 0 Å². The number of amides is 1. The molecule has 2 fully saturated rings. The summed E-state index contributed by atoms with van der Waals surface area (Å²) in [6, 6.07) is 0. The van der Waals surface area contributed by atoms with Gasteiger partial charge in [-0.1, -0.05) is 0 Å². The highest BCUT2D eigenvalue weighted by Gasteiger charge is 2.33. The summed E-state index contributed by atoms with van der Waals surface area (Å²) in [5, 5.41) is 6.44. The van der Waals surface area contributed by atoms with E-state index in [1.54, 1.807) is 0 Å². The van der Waals surface area contributed by atoms with Gasteiger partial charge in [-0.15, -0.1) is 24.8 Å². The van der Waals surface area contributed by atoms with Crippen molar-refractivity contribution in [1.82, 2.24) is 15.5 Å². The Labute approximate surface area is 139 Å². The highest BCUT2D eigenvalue weighted by Crippen LogP contribution is 2.18. The summed E-state index contributed by atoms with van der Waals surface area (Å²) in [5.41, 5.74) is -0.337. The zero-order valence-corrected chi connectivity index (χ0v) is 14.6. The van der Waals surface area contributed by atoms with Gasteiger partial charge >= 0.3 is 0 Å². The molecule has 7 heteroatoms. The molecule has 1 atom stereocenters. The molecule has 1 unspecified atom stereocenters. The molecule has 0 aromatic rings. The molecule has 2 saturated heterocycles. The van der Waals surface area contributed by atoms with Crippen molar-refractivity contribution in [3.05, 3.63) is 0 Å². The van der Waals surface area contributed by atoms with Gasteiger partial charge in [-0.2, -0.15) is 11.8 Å². The molecule has 120 valence electrons. The molecule has 0 bridgehead atoms. The Balaban J connectivity index is 0.00000180. The lowest BCUT2D eigenvalue weighted by Crippen LogP contribution is -2.57. The Hall–Kier alpha value is 0.320. The molecule has 2 aliphatic heterocycles. The Kier molecular flexibility index (Phi) is 10.3. The molecular weight excluding hydrogens is 317 g/mol. The largest absolute Gasteiger partial charge is 0.353 e. The van der Waals surface area contributed by atoms with Crippen molar-refractivity contribution in [3.63, 3.8) is 0 Å². The Morgan fingerprint density at radius 3 is 2.60 bits per heavy atom. The number of nitrogens with one attached hydrogen (secondary N) is 2. The molecule has 0 saturated carbocycles. The normalized spacial score (nSPS) is 27.1. The van der Waals surface area contributed by atoms with Crippen LogP contribution < -0.4 is 10.6 Å². The average Bonchev–Trinajstić information content (AvgIpc) is 2.41. The van der Waals surface area contributed by atoms with Crippen LogP contribution in [0.25, 0.3) is 0 Å². The number of thioether (sulfide) groups is 1. The minimum Gasteiger partial charge on any atom is -0.353 e. The van der Waals surface area contributed by atoms with Crippen molar-refractivity contribution < 1.29 is 4.79 Å². The first kappa shape index (κ1) is 20.3. The molecule has 1 amide bonds. The fourth-order valence-corrected chi connectivity index (χ4v) is 3.58. The molecule has 2 heterocycles. The predicted molar refractivity (Wildman–Crippen MR) is 91.5 cm³/mol. The summed E-state index contributed by atoms with van der Waals surface area (Å²) in [5.74, 6) is 2.63. The number of halogens is 2. The van der Waals surface area contributed by atoms with Crippen LogP contribution >= 0.6 is 36.6 Å². The summed E-state index contributed by atoms with van der Waals surface area (Å²) in [7, 11) is 0. The van der Waals surface area contributed by atoms with E-state index in [9.17, 15) is 4.79 Å². The first-order valence-corrected chi connectivity index (χ1v) is 8.20. The summed E-state index contributed by atoms with van der Waals surface area (Å²) in [4.78, 5) is 14.6. The zero-order valence-electron chi connectivity index (χ0n) is 12.2. The van der Waals surface area contributed by atoms with Crippen molar-refractivity contribution in [2.45, 2.75) is 31.7 Å². The summed E-state index contributed by atoms with van der Waals surface area (Å²) >= 11 is 2.02. The van der Waals surface area contributed by atoms with E-state index < -0.39 is 0 Å². The smallest absolute Gasteiger partial charge is 0.240 e. The SMILES string of the molecule is CC1(C(=O)NCCN2CCSCC2)CCCCN1.Cl.Cl. The lowest BCUT2D eigenvalue weighted by Gasteiger charge is -2.34. The van der Waals surface area contributed by atoms with E-state index in [-0.39, 0.29) is 36.3 Å². The van der Waals surface area contributed by atoms with E-state index in [4.69, 9.17) is 0 Å². The van der Waals surface area contributed by atoms with Gasteiger partial charge in [0, 0.05) is 37.7 Å². The van der Waals surface area contributed by atoms with Crippen molar-refractivity contribution in [1.29, 1.82) is 0 Å². The summed E-state index contributed by atoms with van der Waals surface area (Å²) < 4.78 is 0. The van der Waals surface area contributed by atoms with Crippen LogP contribution in [-0.2, 0) is 4.79 Å². The number of hydrogen-bond acceptors (Lipinski definition) is 4. The molecule has 0 spiro atoms. The van der Waals surface area contributed by atoms with E-state index in [0.717, 1.165) is 45.6 Å². The van der Waals surface area contributed by atoms with Crippen LogP contribution in [0, 0.1) is 0 Å². The van der Waals surface area contributed by atoms with Crippen molar-refractivity contribution in [3.8, 4) is 0 Å².